The summed E-state index contributed by atoms with van der Waals surface area (Å²) in [6.07, 6.45) is -3.36. The Morgan fingerprint density at radius 2 is 1.45 bits per heavy atom. The molecule has 1 aliphatic rings. The lowest BCUT2D eigenvalue weighted by Crippen LogP contribution is -2.37. The second-order valence-electron chi connectivity index (χ2n) is 7.33. The van der Waals surface area contributed by atoms with Crippen molar-refractivity contribution in [2.45, 2.75) is 47.4 Å². The Morgan fingerprint density at radius 3 is 1.94 bits per heavy atom. The normalized spacial score (nSPS) is 23.3. The molecule has 12 heteroatoms. The predicted octanol–water partition coefficient (Wildman–Crippen LogP) is 2.74. The smallest absolute Gasteiger partial charge is 0.297 e. The first-order valence-electron chi connectivity index (χ1n) is 9.76. The van der Waals surface area contributed by atoms with Gasteiger partial charge in [-0.2, -0.15) is 22.1 Å². The van der Waals surface area contributed by atoms with Crippen LogP contribution in [0.3, 0.4) is 0 Å². The predicted molar refractivity (Wildman–Crippen MR) is 120 cm³/mol. The summed E-state index contributed by atoms with van der Waals surface area (Å²) in [6, 6.07) is 12.2. The van der Waals surface area contributed by atoms with Crippen molar-refractivity contribution >= 4 is 32.0 Å². The highest BCUT2D eigenvalue weighted by Gasteiger charge is 2.49. The molecule has 1 saturated heterocycles. The lowest BCUT2D eigenvalue weighted by molar-refractivity contribution is -0.146. The van der Waals surface area contributed by atoms with Gasteiger partial charge in [-0.25, -0.2) is 0 Å². The van der Waals surface area contributed by atoms with Crippen LogP contribution in [0.15, 0.2) is 58.3 Å². The van der Waals surface area contributed by atoms with E-state index in [2.05, 4.69) is 0 Å². The molecule has 0 saturated carbocycles. The van der Waals surface area contributed by atoms with Gasteiger partial charge in [0.2, 0.25) is 0 Å². The number of hydrogen-bond acceptors (Lipinski definition) is 10. The van der Waals surface area contributed by atoms with Gasteiger partial charge in [0.05, 0.1) is 21.6 Å². The van der Waals surface area contributed by atoms with Crippen LogP contribution in [0.2, 0.25) is 0 Å². The molecular formula is C21H23NO8S3. The molecule has 0 aliphatic carbocycles. The van der Waals surface area contributed by atoms with Crippen LogP contribution in [0.4, 0.5) is 0 Å². The fraction of sp³-hybridized carbons (Fsp3) is 0.381. The van der Waals surface area contributed by atoms with Crippen LogP contribution in [-0.2, 0) is 38.1 Å². The van der Waals surface area contributed by atoms with Gasteiger partial charge in [-0.05, 0) is 49.9 Å². The second-order valence-corrected chi connectivity index (χ2v) is 11.5. The van der Waals surface area contributed by atoms with Gasteiger partial charge in [0.1, 0.15) is 17.6 Å². The van der Waals surface area contributed by atoms with Crippen LogP contribution in [-0.4, -0.2) is 54.3 Å². The van der Waals surface area contributed by atoms with Crippen molar-refractivity contribution < 1.29 is 34.7 Å². The number of aryl methyl sites for hydroxylation is 2. The van der Waals surface area contributed by atoms with E-state index in [0.717, 1.165) is 11.1 Å². The number of nitrogens with zero attached hydrogens (tertiary/aromatic N) is 1. The molecule has 3 rings (SSSR count). The average molecular weight is 514 g/mol. The molecule has 0 spiro atoms. The maximum atomic E-state index is 12.8. The van der Waals surface area contributed by atoms with Crippen molar-refractivity contribution in [3.05, 3.63) is 59.7 Å². The van der Waals surface area contributed by atoms with E-state index >= 15 is 0 Å². The molecule has 1 fully saturated rings. The van der Waals surface area contributed by atoms with Crippen LogP contribution in [0.5, 0.6) is 0 Å². The monoisotopic (exact) mass is 513 g/mol. The summed E-state index contributed by atoms with van der Waals surface area (Å²) in [5, 5.41) is 10.2. The number of benzene rings is 2. The second kappa shape index (κ2) is 10.5. The molecule has 0 amide bonds. The van der Waals surface area contributed by atoms with Gasteiger partial charge in [-0.1, -0.05) is 35.4 Å². The molecule has 0 aromatic heterocycles. The minimum Gasteiger partial charge on any atom is -0.353 e. The van der Waals surface area contributed by atoms with Crippen LogP contribution in [0.1, 0.15) is 11.1 Å². The van der Waals surface area contributed by atoms with Crippen molar-refractivity contribution in [2.75, 3.05) is 13.7 Å². The quantitative estimate of drug-likeness (QED) is 0.364. The lowest BCUT2D eigenvalue weighted by Gasteiger charge is -2.20. The average Bonchev–Trinajstić information content (AvgIpc) is 3.09. The van der Waals surface area contributed by atoms with E-state index in [0.29, 0.717) is 11.8 Å². The summed E-state index contributed by atoms with van der Waals surface area (Å²) in [6.45, 7) is 3.18. The lowest BCUT2D eigenvalue weighted by atomic mass is 10.2. The molecule has 33 heavy (non-hydrogen) atoms. The highest BCUT2D eigenvalue weighted by molar-refractivity contribution is 8.04. The third kappa shape index (κ3) is 6.13. The standard InChI is InChI=1S/C21H23NO8S3/c1-14-4-8-16(9-5-14)32(23,24)28-12-18-20(31-13-22)19(21(27-3)29-18)30-33(25,26)17-10-6-15(2)7-11-17/h4-11,18-21H,12H2,1-3H3/t18-,19-,20-,21+/m0/s1. The summed E-state index contributed by atoms with van der Waals surface area (Å²) >= 11 is 0.697. The molecule has 0 radical (unpaired) electrons. The van der Waals surface area contributed by atoms with Crippen molar-refractivity contribution in [1.29, 1.82) is 5.26 Å². The SMILES string of the molecule is CO[C@@H]1O[C@@H](COS(=O)(=O)c2ccc(C)cc2)[C@H](SC#N)[C@@H]1OS(=O)(=O)c1ccc(C)cc1. The molecular weight excluding hydrogens is 490 g/mol. The maximum absolute atomic E-state index is 12.8. The van der Waals surface area contributed by atoms with E-state index in [1.54, 1.807) is 24.3 Å². The number of ether oxygens (including phenoxy) is 2. The molecule has 1 aliphatic heterocycles. The summed E-state index contributed by atoms with van der Waals surface area (Å²) in [5.41, 5.74) is 1.76. The van der Waals surface area contributed by atoms with E-state index in [-0.39, 0.29) is 9.79 Å². The highest BCUT2D eigenvalue weighted by Crippen LogP contribution is 2.36. The first-order valence-corrected chi connectivity index (χ1v) is 13.5. The van der Waals surface area contributed by atoms with Crippen molar-refractivity contribution in [3.8, 4) is 5.40 Å². The van der Waals surface area contributed by atoms with E-state index in [1.165, 1.54) is 31.4 Å². The Hall–Kier alpha value is -1.98. The van der Waals surface area contributed by atoms with E-state index in [9.17, 15) is 22.1 Å². The molecule has 9 nitrogen and oxygen atoms in total. The summed E-state index contributed by atoms with van der Waals surface area (Å²) < 4.78 is 72.1. The first-order chi connectivity index (χ1) is 15.6. The molecule has 2 aromatic carbocycles. The maximum Gasteiger partial charge on any atom is 0.297 e. The third-order valence-electron chi connectivity index (χ3n) is 4.93. The van der Waals surface area contributed by atoms with Gasteiger partial charge >= 0.3 is 0 Å². The summed E-state index contributed by atoms with van der Waals surface area (Å²) in [7, 11) is -7.02. The molecule has 178 valence electrons. The Morgan fingerprint density at radius 1 is 0.939 bits per heavy atom. The molecule has 4 atom stereocenters. The highest BCUT2D eigenvalue weighted by atomic mass is 32.2. The minimum atomic E-state index is -4.21. The van der Waals surface area contributed by atoms with Gasteiger partial charge < -0.3 is 9.47 Å². The number of hydrogen-bond donors (Lipinski definition) is 0. The first kappa shape index (κ1) is 25.6. The number of thioether (sulfide) groups is 1. The largest absolute Gasteiger partial charge is 0.353 e. The zero-order valence-electron chi connectivity index (χ0n) is 18.1. The van der Waals surface area contributed by atoms with Gasteiger partial charge in [0, 0.05) is 7.11 Å². The number of thiocyanates is 1. The molecule has 0 N–H and O–H groups in total. The van der Waals surface area contributed by atoms with Crippen LogP contribution in [0, 0.1) is 24.5 Å². The number of rotatable bonds is 9. The zero-order chi connectivity index (χ0) is 24.2. The number of nitriles is 1. The van der Waals surface area contributed by atoms with Crippen LogP contribution >= 0.6 is 11.8 Å². The van der Waals surface area contributed by atoms with Gasteiger partial charge in [0.25, 0.3) is 20.2 Å². The van der Waals surface area contributed by atoms with Crippen molar-refractivity contribution in [3.63, 3.8) is 0 Å². The fourth-order valence-electron chi connectivity index (χ4n) is 3.16. The summed E-state index contributed by atoms with van der Waals surface area (Å²) in [5.74, 6) is 0. The van der Waals surface area contributed by atoms with E-state index < -0.39 is 50.6 Å². The summed E-state index contributed by atoms with van der Waals surface area (Å²) in [4.78, 5) is -0.0982. The molecule has 0 unspecified atom stereocenters. The number of methoxy groups -OCH3 is 1. The van der Waals surface area contributed by atoms with Crippen molar-refractivity contribution in [1.82, 2.24) is 0 Å². The molecule has 0 bridgehead atoms. The Balaban J connectivity index is 1.79. The molecule has 2 aromatic rings. The van der Waals surface area contributed by atoms with Gasteiger partial charge in [0.15, 0.2) is 6.29 Å². The Bertz CT molecular complexity index is 1210. The van der Waals surface area contributed by atoms with Crippen molar-refractivity contribution in [2.24, 2.45) is 0 Å². The Labute approximate surface area is 197 Å². The molecule has 1 heterocycles. The van der Waals surface area contributed by atoms with Crippen LogP contribution < -0.4 is 0 Å². The Kier molecular flexibility index (Phi) is 8.17. The third-order valence-corrected chi connectivity index (χ3v) is 8.50. The fourth-order valence-corrected chi connectivity index (χ4v) is 5.96. The van der Waals surface area contributed by atoms with Gasteiger partial charge in [-0.3, -0.25) is 8.37 Å². The van der Waals surface area contributed by atoms with Crippen LogP contribution in [0.25, 0.3) is 0 Å². The zero-order valence-corrected chi connectivity index (χ0v) is 20.5. The van der Waals surface area contributed by atoms with Gasteiger partial charge in [-0.15, -0.1) is 0 Å². The topological polar surface area (TPSA) is 129 Å². The van der Waals surface area contributed by atoms with E-state index in [1.807, 2.05) is 19.2 Å². The minimum absolute atomic E-state index is 0.0337. The van der Waals surface area contributed by atoms with E-state index in [4.69, 9.17) is 17.8 Å².